The van der Waals surface area contributed by atoms with Crippen LogP contribution in [-0.2, 0) is 0 Å². The Bertz CT molecular complexity index is 451. The predicted octanol–water partition coefficient (Wildman–Crippen LogP) is 4.84. The summed E-state index contributed by atoms with van der Waals surface area (Å²) in [6.45, 7) is 7.15. The summed E-state index contributed by atoms with van der Waals surface area (Å²) in [6.07, 6.45) is 4.99. The second-order valence-corrected chi connectivity index (χ2v) is 6.16. The quantitative estimate of drug-likeness (QED) is 0.862. The average Bonchev–Trinajstić information content (AvgIpc) is 2.67. The third-order valence-electron chi connectivity index (χ3n) is 3.98. The Kier molecular flexibility index (Phi) is 5.79. The Balaban J connectivity index is 2.20. The molecule has 0 aliphatic carbocycles. The molecule has 1 aromatic heterocycles. The summed E-state index contributed by atoms with van der Waals surface area (Å²) >= 11 is 12.5. The first-order valence-electron chi connectivity index (χ1n) is 7.50. The van der Waals surface area contributed by atoms with E-state index in [9.17, 15) is 0 Å². The molecule has 112 valence electrons. The van der Waals surface area contributed by atoms with Gasteiger partial charge in [-0.2, -0.15) is 0 Å². The molecule has 0 spiro atoms. The van der Waals surface area contributed by atoms with Crippen molar-refractivity contribution in [2.45, 2.75) is 39.5 Å². The standard InChI is InChI=1S/C15H23Cl2N3/c1-3-11-6-5-8-20(9-7-11)15-13(17)10-12(16)14(19-15)18-4-2/h10-11H,3-9H2,1-2H3,(H,18,19). The number of nitrogens with zero attached hydrogens (tertiary/aromatic N) is 2. The van der Waals surface area contributed by atoms with Crippen molar-refractivity contribution in [1.82, 2.24) is 4.98 Å². The molecular weight excluding hydrogens is 293 g/mol. The number of pyridine rings is 1. The molecule has 1 N–H and O–H groups in total. The third-order valence-corrected chi connectivity index (χ3v) is 4.55. The van der Waals surface area contributed by atoms with E-state index in [1.54, 1.807) is 6.07 Å². The van der Waals surface area contributed by atoms with Crippen LogP contribution in [0.4, 0.5) is 11.6 Å². The third kappa shape index (κ3) is 3.70. The van der Waals surface area contributed by atoms with Crippen LogP contribution >= 0.6 is 23.2 Å². The van der Waals surface area contributed by atoms with Crippen molar-refractivity contribution in [1.29, 1.82) is 0 Å². The van der Waals surface area contributed by atoms with Crippen LogP contribution in [0.3, 0.4) is 0 Å². The predicted molar refractivity (Wildman–Crippen MR) is 88.3 cm³/mol. The SMILES string of the molecule is CCNc1nc(N2CCCC(CC)CC2)c(Cl)cc1Cl. The molecule has 1 atom stereocenters. The molecular formula is C15H23Cl2N3. The van der Waals surface area contributed by atoms with Crippen LogP contribution in [-0.4, -0.2) is 24.6 Å². The molecule has 3 nitrogen and oxygen atoms in total. The van der Waals surface area contributed by atoms with Crippen LogP contribution in [0.15, 0.2) is 6.07 Å². The van der Waals surface area contributed by atoms with E-state index < -0.39 is 0 Å². The number of hydrogen-bond donors (Lipinski definition) is 1. The van der Waals surface area contributed by atoms with Gasteiger partial charge in [0, 0.05) is 19.6 Å². The van der Waals surface area contributed by atoms with E-state index in [4.69, 9.17) is 23.2 Å². The largest absolute Gasteiger partial charge is 0.369 e. The minimum absolute atomic E-state index is 0.585. The summed E-state index contributed by atoms with van der Waals surface area (Å²) < 4.78 is 0. The van der Waals surface area contributed by atoms with E-state index >= 15 is 0 Å². The first-order chi connectivity index (χ1) is 9.65. The molecule has 1 aliphatic rings. The van der Waals surface area contributed by atoms with Crippen LogP contribution < -0.4 is 10.2 Å². The number of hydrogen-bond acceptors (Lipinski definition) is 3. The van der Waals surface area contributed by atoms with Crippen molar-refractivity contribution in [2.24, 2.45) is 5.92 Å². The lowest BCUT2D eigenvalue weighted by atomic mass is 9.98. The molecule has 0 amide bonds. The number of rotatable bonds is 4. The fourth-order valence-electron chi connectivity index (χ4n) is 2.76. The Hall–Kier alpha value is -0.670. The highest BCUT2D eigenvalue weighted by atomic mass is 35.5. The fraction of sp³-hybridized carbons (Fsp3) is 0.667. The summed E-state index contributed by atoms with van der Waals surface area (Å²) in [4.78, 5) is 6.93. The summed E-state index contributed by atoms with van der Waals surface area (Å²) in [5, 5.41) is 4.42. The van der Waals surface area contributed by atoms with Gasteiger partial charge in [0.25, 0.3) is 0 Å². The van der Waals surface area contributed by atoms with E-state index in [-0.39, 0.29) is 0 Å². The van der Waals surface area contributed by atoms with Crippen LogP contribution in [0.25, 0.3) is 0 Å². The number of anilines is 2. The van der Waals surface area contributed by atoms with Gasteiger partial charge in [-0.3, -0.25) is 0 Å². The molecule has 0 aromatic carbocycles. The molecule has 1 unspecified atom stereocenters. The van der Waals surface area contributed by atoms with Gasteiger partial charge >= 0.3 is 0 Å². The van der Waals surface area contributed by atoms with Crippen molar-refractivity contribution in [2.75, 3.05) is 29.9 Å². The molecule has 20 heavy (non-hydrogen) atoms. The van der Waals surface area contributed by atoms with Crippen molar-refractivity contribution < 1.29 is 0 Å². The lowest BCUT2D eigenvalue weighted by molar-refractivity contribution is 0.459. The van der Waals surface area contributed by atoms with Gasteiger partial charge in [-0.1, -0.05) is 36.5 Å². The van der Waals surface area contributed by atoms with Crippen LogP contribution in [0.1, 0.15) is 39.5 Å². The minimum atomic E-state index is 0.585. The molecule has 2 rings (SSSR count). The Morgan fingerprint density at radius 1 is 1.25 bits per heavy atom. The topological polar surface area (TPSA) is 28.2 Å². The van der Waals surface area contributed by atoms with E-state index in [2.05, 4.69) is 22.1 Å². The second-order valence-electron chi connectivity index (χ2n) is 5.35. The van der Waals surface area contributed by atoms with Gasteiger partial charge < -0.3 is 10.2 Å². The molecule has 1 fully saturated rings. The Morgan fingerprint density at radius 3 is 2.75 bits per heavy atom. The normalized spacial score (nSPS) is 19.8. The van der Waals surface area contributed by atoms with Crippen molar-refractivity contribution >= 4 is 34.8 Å². The Labute approximate surface area is 131 Å². The molecule has 0 saturated carbocycles. The minimum Gasteiger partial charge on any atom is -0.369 e. The molecule has 0 bridgehead atoms. The van der Waals surface area contributed by atoms with Gasteiger partial charge in [-0.25, -0.2) is 4.98 Å². The summed E-state index contributed by atoms with van der Waals surface area (Å²) in [7, 11) is 0. The van der Waals surface area contributed by atoms with E-state index in [0.717, 1.165) is 37.2 Å². The maximum absolute atomic E-state index is 6.34. The molecule has 1 saturated heterocycles. The van der Waals surface area contributed by atoms with Gasteiger partial charge in [0.2, 0.25) is 0 Å². The molecule has 5 heteroatoms. The monoisotopic (exact) mass is 315 g/mol. The van der Waals surface area contributed by atoms with Crippen molar-refractivity contribution in [3.8, 4) is 0 Å². The van der Waals surface area contributed by atoms with Crippen LogP contribution in [0.5, 0.6) is 0 Å². The van der Waals surface area contributed by atoms with Gasteiger partial charge in [0.1, 0.15) is 11.6 Å². The summed E-state index contributed by atoms with van der Waals surface area (Å²) in [6, 6.07) is 1.80. The zero-order valence-corrected chi connectivity index (χ0v) is 13.8. The Morgan fingerprint density at radius 2 is 2.05 bits per heavy atom. The van der Waals surface area contributed by atoms with Crippen LogP contribution in [0, 0.1) is 5.92 Å². The molecule has 1 aromatic rings. The summed E-state index contributed by atoms with van der Waals surface area (Å²) in [5.74, 6) is 2.42. The average molecular weight is 316 g/mol. The van der Waals surface area contributed by atoms with Gasteiger partial charge in [-0.05, 0) is 38.2 Å². The zero-order valence-electron chi connectivity index (χ0n) is 12.3. The molecule has 0 radical (unpaired) electrons. The maximum atomic E-state index is 6.34. The van der Waals surface area contributed by atoms with Crippen molar-refractivity contribution in [3.63, 3.8) is 0 Å². The highest BCUT2D eigenvalue weighted by Crippen LogP contribution is 2.33. The molecule has 1 aliphatic heterocycles. The summed E-state index contributed by atoms with van der Waals surface area (Å²) in [5.41, 5.74) is 0. The lowest BCUT2D eigenvalue weighted by Crippen LogP contribution is -2.26. The van der Waals surface area contributed by atoms with E-state index in [1.165, 1.54) is 25.7 Å². The second kappa shape index (κ2) is 7.37. The highest BCUT2D eigenvalue weighted by molar-refractivity contribution is 6.37. The first-order valence-corrected chi connectivity index (χ1v) is 8.26. The lowest BCUT2D eigenvalue weighted by Gasteiger charge is -2.24. The highest BCUT2D eigenvalue weighted by Gasteiger charge is 2.20. The number of halogens is 2. The first kappa shape index (κ1) is 15.7. The maximum Gasteiger partial charge on any atom is 0.149 e. The number of aromatic nitrogens is 1. The fourth-order valence-corrected chi connectivity index (χ4v) is 3.30. The number of nitrogens with one attached hydrogen (secondary N) is 1. The smallest absolute Gasteiger partial charge is 0.149 e. The zero-order chi connectivity index (χ0) is 14.5. The van der Waals surface area contributed by atoms with E-state index in [1.807, 2.05) is 6.92 Å². The van der Waals surface area contributed by atoms with Gasteiger partial charge in [0.15, 0.2) is 0 Å². The molecule has 2 heterocycles. The van der Waals surface area contributed by atoms with E-state index in [0.29, 0.717) is 10.0 Å². The van der Waals surface area contributed by atoms with Crippen molar-refractivity contribution in [3.05, 3.63) is 16.1 Å². The van der Waals surface area contributed by atoms with Crippen LogP contribution in [0.2, 0.25) is 10.0 Å². The van der Waals surface area contributed by atoms with Gasteiger partial charge in [-0.15, -0.1) is 0 Å². The van der Waals surface area contributed by atoms with Gasteiger partial charge in [0.05, 0.1) is 10.0 Å².